The molecule has 104 valence electrons. The number of halogens is 4. The van der Waals surface area contributed by atoms with E-state index in [4.69, 9.17) is 0 Å². The summed E-state index contributed by atoms with van der Waals surface area (Å²) < 4.78 is 37.2. The van der Waals surface area contributed by atoms with Gasteiger partial charge in [-0.15, -0.1) is 0 Å². The molecular weight excluding hydrogens is 351 g/mol. The van der Waals surface area contributed by atoms with Crippen LogP contribution in [0.4, 0.5) is 18.9 Å². The zero-order chi connectivity index (χ0) is 14.8. The number of carbonyl (C=O) groups excluding carboxylic acids is 1. The smallest absolute Gasteiger partial charge is 0.293 e. The number of alkyl halides is 4. The fourth-order valence-electron chi connectivity index (χ4n) is 1.25. The zero-order valence-electron chi connectivity index (χ0n) is 9.40. The number of carbonyl (C=O) groups is 1. The van der Waals surface area contributed by atoms with Gasteiger partial charge in [-0.25, -0.2) is 0 Å². The number of rotatable bonds is 4. The Labute approximate surface area is 118 Å². The highest BCUT2D eigenvalue weighted by Crippen LogP contribution is 2.40. The molecule has 0 aliphatic heterocycles. The van der Waals surface area contributed by atoms with Crippen molar-refractivity contribution in [3.05, 3.63) is 33.9 Å². The van der Waals surface area contributed by atoms with Gasteiger partial charge in [-0.05, 0) is 24.8 Å². The molecule has 0 aliphatic rings. The van der Waals surface area contributed by atoms with Crippen LogP contribution in [-0.2, 0) is 0 Å². The number of benzene rings is 1. The van der Waals surface area contributed by atoms with E-state index in [1.165, 1.54) is 6.92 Å². The van der Waals surface area contributed by atoms with Gasteiger partial charge < -0.3 is 0 Å². The summed E-state index contributed by atoms with van der Waals surface area (Å²) in [5, 5.41) is 10.6. The number of thioether (sulfide) groups is 1. The van der Waals surface area contributed by atoms with Gasteiger partial charge in [-0.3, -0.25) is 14.9 Å². The normalized spacial score (nSPS) is 13.1. The molecule has 0 spiro atoms. The molecule has 1 aromatic rings. The Morgan fingerprint density at radius 1 is 1.47 bits per heavy atom. The molecule has 1 unspecified atom stereocenters. The molecule has 0 aromatic heterocycles. The summed E-state index contributed by atoms with van der Waals surface area (Å²) in [5.74, 6) is -0.568. The molecule has 0 radical (unpaired) electrons. The van der Waals surface area contributed by atoms with Crippen molar-refractivity contribution >= 4 is 39.2 Å². The second-order valence-electron chi connectivity index (χ2n) is 3.47. The Bertz CT molecular complexity index is 519. The summed E-state index contributed by atoms with van der Waals surface area (Å²) in [6, 6.07) is 2.79. The summed E-state index contributed by atoms with van der Waals surface area (Å²) in [6.07, 6.45) is 0. The quantitative estimate of drug-likeness (QED) is 0.266. The number of ketones is 1. The summed E-state index contributed by atoms with van der Waals surface area (Å²) in [6.45, 7) is 1.46. The van der Waals surface area contributed by atoms with Crippen LogP contribution in [0.15, 0.2) is 23.1 Å². The van der Waals surface area contributed by atoms with E-state index in [2.05, 4.69) is 15.9 Å². The van der Waals surface area contributed by atoms with Gasteiger partial charge in [0.25, 0.3) is 5.69 Å². The largest absolute Gasteiger partial charge is 0.446 e. The fraction of sp³-hybridized carbons (Fsp3) is 0.300. The predicted octanol–water partition coefficient (Wildman–Crippen LogP) is 4.17. The van der Waals surface area contributed by atoms with Crippen LogP contribution in [0.1, 0.15) is 17.3 Å². The average molecular weight is 358 g/mol. The summed E-state index contributed by atoms with van der Waals surface area (Å²) in [7, 11) is 0. The van der Waals surface area contributed by atoms with Crippen LogP contribution in [0.5, 0.6) is 0 Å². The van der Waals surface area contributed by atoms with Crippen LogP contribution >= 0.6 is 27.7 Å². The molecule has 0 amide bonds. The molecule has 0 heterocycles. The molecule has 0 saturated carbocycles. The first kappa shape index (κ1) is 16.0. The van der Waals surface area contributed by atoms with Gasteiger partial charge in [0.1, 0.15) is 0 Å². The lowest BCUT2D eigenvalue weighted by Crippen LogP contribution is -2.12. The topological polar surface area (TPSA) is 60.2 Å². The first-order valence-electron chi connectivity index (χ1n) is 4.84. The number of non-ortho nitro benzene ring substituents is 1. The third-order valence-electron chi connectivity index (χ3n) is 2.03. The lowest BCUT2D eigenvalue weighted by molar-refractivity contribution is -0.385. The third-order valence-corrected chi connectivity index (χ3v) is 3.23. The molecule has 0 bridgehead atoms. The second-order valence-corrected chi connectivity index (χ2v) is 5.95. The van der Waals surface area contributed by atoms with Crippen LogP contribution < -0.4 is 0 Å². The molecule has 1 aromatic carbocycles. The van der Waals surface area contributed by atoms with E-state index in [1.807, 2.05) is 0 Å². The van der Waals surface area contributed by atoms with E-state index in [9.17, 15) is 28.1 Å². The summed E-state index contributed by atoms with van der Waals surface area (Å²) in [5.41, 5.74) is -5.32. The lowest BCUT2D eigenvalue weighted by Gasteiger charge is -2.11. The van der Waals surface area contributed by atoms with Crippen LogP contribution in [0, 0.1) is 10.1 Å². The van der Waals surface area contributed by atoms with Gasteiger partial charge in [0.2, 0.25) is 0 Å². The molecule has 0 aliphatic carbocycles. The van der Waals surface area contributed by atoms with E-state index in [0.717, 1.165) is 18.2 Å². The molecule has 1 rings (SSSR count). The van der Waals surface area contributed by atoms with E-state index in [0.29, 0.717) is 0 Å². The van der Waals surface area contributed by atoms with Gasteiger partial charge in [-0.1, -0.05) is 15.9 Å². The van der Waals surface area contributed by atoms with Crippen molar-refractivity contribution in [3.8, 4) is 0 Å². The van der Waals surface area contributed by atoms with Crippen LogP contribution in [0.3, 0.4) is 0 Å². The highest BCUT2D eigenvalue weighted by atomic mass is 79.9. The Balaban J connectivity index is 3.30. The third kappa shape index (κ3) is 4.50. The standard InChI is InChI=1S/C10H7BrF3NO3S/c1-5(11)9(16)7-3-2-6(15(17)18)4-8(7)19-10(12,13)14/h2-5H,1H3. The maximum atomic E-state index is 12.4. The Morgan fingerprint density at radius 3 is 2.47 bits per heavy atom. The van der Waals surface area contributed by atoms with Crippen molar-refractivity contribution in [2.24, 2.45) is 0 Å². The number of Topliss-reactive ketones (excluding diaryl/α,β-unsaturated/α-hetero) is 1. The van der Waals surface area contributed by atoms with Crippen LogP contribution in [0.2, 0.25) is 0 Å². The number of nitro benzene ring substituents is 1. The maximum Gasteiger partial charge on any atom is 0.446 e. The number of hydrogen-bond donors (Lipinski definition) is 0. The molecule has 19 heavy (non-hydrogen) atoms. The summed E-state index contributed by atoms with van der Waals surface area (Å²) in [4.78, 5) is 20.3. The van der Waals surface area contributed by atoms with Gasteiger partial charge in [0.15, 0.2) is 5.78 Å². The van der Waals surface area contributed by atoms with Gasteiger partial charge in [-0.2, -0.15) is 13.2 Å². The molecular formula is C10H7BrF3NO3S. The Hall–Kier alpha value is -1.09. The summed E-state index contributed by atoms with van der Waals surface area (Å²) >= 11 is 2.42. The van der Waals surface area contributed by atoms with E-state index >= 15 is 0 Å². The number of nitro groups is 1. The van der Waals surface area contributed by atoms with Crippen molar-refractivity contribution in [1.29, 1.82) is 0 Å². The SMILES string of the molecule is CC(Br)C(=O)c1ccc([N+](=O)[O-])cc1SC(F)(F)F. The van der Waals surface area contributed by atoms with Crippen molar-refractivity contribution in [2.75, 3.05) is 0 Å². The van der Waals surface area contributed by atoms with E-state index < -0.39 is 43.4 Å². The van der Waals surface area contributed by atoms with Crippen molar-refractivity contribution in [2.45, 2.75) is 22.2 Å². The van der Waals surface area contributed by atoms with E-state index in [1.54, 1.807) is 0 Å². The minimum Gasteiger partial charge on any atom is -0.293 e. The van der Waals surface area contributed by atoms with Gasteiger partial charge in [0, 0.05) is 22.6 Å². The zero-order valence-corrected chi connectivity index (χ0v) is 11.8. The molecule has 0 N–H and O–H groups in total. The molecule has 1 atom stereocenters. The predicted molar refractivity (Wildman–Crippen MR) is 67.7 cm³/mol. The van der Waals surface area contributed by atoms with Crippen molar-refractivity contribution in [1.82, 2.24) is 0 Å². The molecule has 4 nitrogen and oxygen atoms in total. The highest BCUT2D eigenvalue weighted by molar-refractivity contribution is 9.10. The Morgan fingerprint density at radius 2 is 2.05 bits per heavy atom. The van der Waals surface area contributed by atoms with Crippen LogP contribution in [0.25, 0.3) is 0 Å². The molecule has 0 fully saturated rings. The molecule has 9 heteroatoms. The minimum absolute atomic E-state index is 0.197. The first-order valence-corrected chi connectivity index (χ1v) is 6.57. The Kier molecular flexibility index (Phi) is 4.97. The maximum absolute atomic E-state index is 12.4. The second kappa shape index (κ2) is 5.91. The molecule has 0 saturated heterocycles. The average Bonchev–Trinajstić information content (AvgIpc) is 2.25. The van der Waals surface area contributed by atoms with Gasteiger partial charge in [0.05, 0.1) is 9.75 Å². The van der Waals surface area contributed by atoms with Crippen molar-refractivity contribution in [3.63, 3.8) is 0 Å². The monoisotopic (exact) mass is 357 g/mol. The fourth-order valence-corrected chi connectivity index (χ4v) is 2.21. The highest BCUT2D eigenvalue weighted by Gasteiger charge is 2.32. The van der Waals surface area contributed by atoms with Crippen molar-refractivity contribution < 1.29 is 22.9 Å². The minimum atomic E-state index is -4.63. The van der Waals surface area contributed by atoms with E-state index in [-0.39, 0.29) is 5.56 Å². The van der Waals surface area contributed by atoms with Crippen LogP contribution in [-0.4, -0.2) is 21.0 Å². The van der Waals surface area contributed by atoms with Gasteiger partial charge >= 0.3 is 5.51 Å². The lowest BCUT2D eigenvalue weighted by atomic mass is 10.1. The number of nitrogens with zero attached hydrogens (tertiary/aromatic N) is 1. The first-order chi connectivity index (χ1) is 8.61. The number of hydrogen-bond acceptors (Lipinski definition) is 4.